The lowest BCUT2D eigenvalue weighted by Crippen LogP contribution is -1.89. The number of aromatic nitrogens is 2. The van der Waals surface area contributed by atoms with E-state index in [0.717, 1.165) is 0 Å². The summed E-state index contributed by atoms with van der Waals surface area (Å²) < 4.78 is 0. The summed E-state index contributed by atoms with van der Waals surface area (Å²) in [6.45, 7) is 3.43. The van der Waals surface area contributed by atoms with E-state index >= 15 is 0 Å². The smallest absolute Gasteiger partial charge is 0.390 e. The van der Waals surface area contributed by atoms with Gasteiger partial charge in [0, 0.05) is 0 Å². The molecule has 1 radical (unpaired) electrons. The summed E-state index contributed by atoms with van der Waals surface area (Å²) in [6, 6.07) is 0. The summed E-state index contributed by atoms with van der Waals surface area (Å²) in [5, 5.41) is 10.1. The summed E-state index contributed by atoms with van der Waals surface area (Å²) in [6.07, 6.45) is 4.53. The Morgan fingerprint density at radius 1 is 1.82 bits per heavy atom. The summed E-state index contributed by atoms with van der Waals surface area (Å²) in [5.74, 6) is -0.252. The van der Waals surface area contributed by atoms with Crippen molar-refractivity contribution in [1.29, 1.82) is 0 Å². The Bertz CT molecular complexity index is 279. The van der Waals surface area contributed by atoms with E-state index in [1.54, 1.807) is 6.42 Å². The molecule has 5 nitrogen and oxygen atoms in total. The molecule has 0 spiro atoms. The molecule has 0 amide bonds. The fourth-order valence-corrected chi connectivity index (χ4v) is 0.625. The highest BCUT2D eigenvalue weighted by Gasteiger charge is 2.09. The molecular weight excluding hydrogens is 146 g/mol. The molecule has 1 aromatic heterocycles. The summed E-state index contributed by atoms with van der Waals surface area (Å²) >= 11 is 0. The molecule has 11 heavy (non-hydrogen) atoms. The predicted molar refractivity (Wildman–Crippen MR) is 38.8 cm³/mol. The number of nitrogens with zero attached hydrogens (tertiary/aromatic N) is 2. The van der Waals surface area contributed by atoms with E-state index in [9.17, 15) is 10.1 Å². The second kappa shape index (κ2) is 2.96. The minimum atomic E-state index is -0.583. The molecule has 1 N–H and O–H groups in total. The molecule has 0 atom stereocenters. The van der Waals surface area contributed by atoms with Gasteiger partial charge in [-0.15, -0.1) is 6.58 Å². The Morgan fingerprint density at radius 3 is 3.00 bits per heavy atom. The number of nitrogens with one attached hydrogen (secondary N) is 1. The van der Waals surface area contributed by atoms with Crippen LogP contribution in [0.15, 0.2) is 18.9 Å². The second-order valence-electron chi connectivity index (χ2n) is 1.81. The highest BCUT2D eigenvalue weighted by molar-refractivity contribution is 5.21. The van der Waals surface area contributed by atoms with Crippen LogP contribution in [-0.2, 0) is 0 Å². The Hall–Kier alpha value is -1.65. The Kier molecular flexibility index (Phi) is 2.00. The molecular formula is C6H6N3O2. The number of imidazole rings is 1. The molecule has 0 aliphatic heterocycles. The van der Waals surface area contributed by atoms with Crippen LogP contribution in [-0.4, -0.2) is 14.9 Å². The zero-order valence-corrected chi connectivity index (χ0v) is 5.65. The monoisotopic (exact) mass is 152 g/mol. The van der Waals surface area contributed by atoms with Crippen LogP contribution in [0.3, 0.4) is 0 Å². The van der Waals surface area contributed by atoms with Gasteiger partial charge in [0.2, 0.25) is 0 Å². The first kappa shape index (κ1) is 7.46. The second-order valence-corrected chi connectivity index (χ2v) is 1.81. The molecule has 5 heteroatoms. The van der Waals surface area contributed by atoms with Gasteiger partial charge in [-0.1, -0.05) is 11.1 Å². The van der Waals surface area contributed by atoms with Gasteiger partial charge < -0.3 is 10.1 Å². The predicted octanol–water partition coefficient (Wildman–Crippen LogP) is 1.06. The molecule has 0 saturated heterocycles. The average molecular weight is 152 g/mol. The quantitative estimate of drug-likeness (QED) is 0.519. The van der Waals surface area contributed by atoms with Crippen molar-refractivity contribution in [2.75, 3.05) is 0 Å². The van der Waals surface area contributed by atoms with E-state index in [1.165, 1.54) is 12.3 Å². The van der Waals surface area contributed by atoms with E-state index in [2.05, 4.69) is 16.5 Å². The molecule has 0 saturated carbocycles. The fourth-order valence-electron chi connectivity index (χ4n) is 0.625. The van der Waals surface area contributed by atoms with Crippen LogP contribution in [0, 0.1) is 16.5 Å². The van der Waals surface area contributed by atoms with Gasteiger partial charge in [0.05, 0.1) is 6.42 Å². The standard InChI is InChI=1S/C6H6N3O2/c1-2-3-5-4-7-6(8-5)9(10)11/h2-4H,1H2,(H,7,8). The van der Waals surface area contributed by atoms with E-state index in [4.69, 9.17) is 0 Å². The third-order valence-corrected chi connectivity index (χ3v) is 1.05. The maximum atomic E-state index is 10.1. The van der Waals surface area contributed by atoms with Gasteiger partial charge in [-0.05, 0) is 4.92 Å². The molecule has 1 aromatic rings. The number of allylic oxidation sites excluding steroid dienone is 1. The Balaban J connectivity index is 2.81. The zero-order valence-electron chi connectivity index (χ0n) is 5.65. The topological polar surface area (TPSA) is 71.8 Å². The third kappa shape index (κ3) is 1.64. The molecule has 0 bridgehead atoms. The number of hydrogen-bond donors (Lipinski definition) is 1. The number of nitro groups is 1. The minimum absolute atomic E-state index is 0.252. The maximum absolute atomic E-state index is 10.1. The Labute approximate surface area is 62.9 Å². The van der Waals surface area contributed by atoms with Gasteiger partial charge >= 0.3 is 5.95 Å². The van der Waals surface area contributed by atoms with Gasteiger partial charge in [-0.3, -0.25) is 0 Å². The molecule has 0 fully saturated rings. The van der Waals surface area contributed by atoms with Crippen LogP contribution in [0.4, 0.5) is 5.95 Å². The largest absolute Gasteiger partial charge is 0.432 e. The van der Waals surface area contributed by atoms with E-state index in [1.807, 2.05) is 0 Å². The van der Waals surface area contributed by atoms with E-state index in [-0.39, 0.29) is 5.95 Å². The van der Waals surface area contributed by atoms with Crippen molar-refractivity contribution in [2.45, 2.75) is 0 Å². The van der Waals surface area contributed by atoms with Crippen LogP contribution in [0.25, 0.3) is 0 Å². The third-order valence-electron chi connectivity index (χ3n) is 1.05. The van der Waals surface area contributed by atoms with Crippen molar-refractivity contribution < 1.29 is 4.92 Å². The normalized spacial score (nSPS) is 9.45. The lowest BCUT2D eigenvalue weighted by Gasteiger charge is -1.84. The van der Waals surface area contributed by atoms with E-state index < -0.39 is 4.92 Å². The van der Waals surface area contributed by atoms with Gasteiger partial charge in [-0.2, -0.15) is 0 Å². The first-order valence-electron chi connectivity index (χ1n) is 2.89. The summed E-state index contributed by atoms with van der Waals surface area (Å²) in [7, 11) is 0. The molecule has 0 aromatic carbocycles. The molecule has 0 aliphatic rings. The van der Waals surface area contributed by atoms with Crippen molar-refractivity contribution >= 4 is 5.95 Å². The van der Waals surface area contributed by atoms with Crippen LogP contribution >= 0.6 is 0 Å². The van der Waals surface area contributed by atoms with Gasteiger partial charge in [0.25, 0.3) is 0 Å². The first-order valence-corrected chi connectivity index (χ1v) is 2.89. The van der Waals surface area contributed by atoms with Crippen molar-refractivity contribution in [2.24, 2.45) is 0 Å². The summed E-state index contributed by atoms with van der Waals surface area (Å²) in [4.78, 5) is 15.5. The summed E-state index contributed by atoms with van der Waals surface area (Å²) in [5.41, 5.74) is 0.506. The van der Waals surface area contributed by atoms with Gasteiger partial charge in [0.1, 0.15) is 6.20 Å². The number of H-pyrrole nitrogens is 1. The van der Waals surface area contributed by atoms with Crippen LogP contribution in [0.1, 0.15) is 5.69 Å². The highest BCUT2D eigenvalue weighted by atomic mass is 16.6. The SMILES string of the molecule is C=C[CH]c1c[nH]c([N+](=O)[O-])n1. The van der Waals surface area contributed by atoms with Crippen molar-refractivity contribution in [1.82, 2.24) is 9.97 Å². The van der Waals surface area contributed by atoms with Crippen molar-refractivity contribution in [3.63, 3.8) is 0 Å². The fraction of sp³-hybridized carbons (Fsp3) is 0. The molecule has 0 unspecified atom stereocenters. The van der Waals surface area contributed by atoms with Crippen molar-refractivity contribution in [3.8, 4) is 0 Å². The van der Waals surface area contributed by atoms with Crippen LogP contribution in [0.2, 0.25) is 0 Å². The molecule has 1 rings (SSSR count). The van der Waals surface area contributed by atoms with Gasteiger partial charge in [-0.25, -0.2) is 4.98 Å². The lowest BCUT2D eigenvalue weighted by molar-refractivity contribution is -0.393. The van der Waals surface area contributed by atoms with Gasteiger partial charge in [0.15, 0.2) is 5.69 Å². The zero-order chi connectivity index (χ0) is 8.27. The highest BCUT2D eigenvalue weighted by Crippen LogP contribution is 2.06. The minimum Gasteiger partial charge on any atom is -0.390 e. The van der Waals surface area contributed by atoms with E-state index in [0.29, 0.717) is 5.69 Å². The maximum Gasteiger partial charge on any atom is 0.432 e. The number of rotatable bonds is 3. The molecule has 0 aliphatic carbocycles. The average Bonchev–Trinajstić information content (AvgIpc) is 2.37. The lowest BCUT2D eigenvalue weighted by atomic mass is 10.3. The Morgan fingerprint density at radius 2 is 2.55 bits per heavy atom. The van der Waals surface area contributed by atoms with Crippen molar-refractivity contribution in [3.05, 3.63) is 41.1 Å². The molecule has 57 valence electrons. The van der Waals surface area contributed by atoms with Crippen LogP contribution in [0.5, 0.6) is 0 Å². The molecule has 1 heterocycles. The van der Waals surface area contributed by atoms with Crippen LogP contribution < -0.4 is 0 Å². The first-order chi connectivity index (χ1) is 5.24. The number of hydrogen-bond acceptors (Lipinski definition) is 3. The number of aromatic amines is 1.